The Labute approximate surface area is 106 Å². The molecule has 0 atom stereocenters. The van der Waals surface area contributed by atoms with Crippen molar-refractivity contribution in [3.63, 3.8) is 0 Å². The maximum atomic E-state index is 11.9. The molecule has 0 aliphatic heterocycles. The van der Waals surface area contributed by atoms with Crippen LogP contribution in [0.4, 0.5) is 5.69 Å². The minimum absolute atomic E-state index is 0.102. The summed E-state index contributed by atoms with van der Waals surface area (Å²) in [5.74, 6) is -0.375. The van der Waals surface area contributed by atoms with E-state index in [1.54, 1.807) is 0 Å². The average Bonchev–Trinajstić information content (AvgIpc) is 3.17. The van der Waals surface area contributed by atoms with Crippen molar-refractivity contribution in [2.75, 3.05) is 5.32 Å². The second-order valence-electron chi connectivity index (χ2n) is 4.38. The Morgan fingerprint density at radius 3 is 2.78 bits per heavy atom. The number of amides is 1. The predicted octanol–water partition coefficient (Wildman–Crippen LogP) is 2.09. The number of nitrogens with one attached hydrogen (secondary N) is 2. The number of nitrogens with zero attached hydrogens (tertiary/aromatic N) is 1. The van der Waals surface area contributed by atoms with E-state index in [0.29, 0.717) is 6.04 Å². The van der Waals surface area contributed by atoms with Crippen molar-refractivity contribution in [2.45, 2.75) is 25.8 Å². The number of para-hydroxylation sites is 1. The van der Waals surface area contributed by atoms with Gasteiger partial charge in [0.25, 0.3) is 5.91 Å². The highest BCUT2D eigenvalue weighted by molar-refractivity contribution is 6.06. The number of nitriles is 1. The first-order valence-electron chi connectivity index (χ1n) is 5.94. The second-order valence-corrected chi connectivity index (χ2v) is 4.38. The van der Waals surface area contributed by atoms with Crippen molar-refractivity contribution in [2.24, 2.45) is 0 Å². The summed E-state index contributed by atoms with van der Waals surface area (Å²) in [6.45, 7) is 1.91. The van der Waals surface area contributed by atoms with E-state index in [1.807, 2.05) is 37.3 Å². The Kier molecular flexibility index (Phi) is 3.63. The molecule has 0 spiro atoms. The average molecular weight is 241 g/mol. The highest BCUT2D eigenvalue weighted by Crippen LogP contribution is 2.19. The second kappa shape index (κ2) is 5.37. The standard InChI is InChI=1S/C14H15N3O/c1-10-4-2-3-5-13(10)17-14(18)11(8-15)9-16-12-6-7-12/h2-5,9,12,16H,6-7H2,1H3,(H,17,18)/b11-9-. The van der Waals surface area contributed by atoms with Crippen LogP contribution < -0.4 is 10.6 Å². The van der Waals surface area contributed by atoms with E-state index in [4.69, 9.17) is 5.26 Å². The SMILES string of the molecule is Cc1ccccc1NC(=O)/C(C#N)=C\NC1CC1. The number of hydrogen-bond acceptors (Lipinski definition) is 3. The zero-order valence-electron chi connectivity index (χ0n) is 10.2. The fourth-order valence-electron chi connectivity index (χ4n) is 1.50. The molecule has 4 heteroatoms. The van der Waals surface area contributed by atoms with Crippen LogP contribution in [-0.4, -0.2) is 11.9 Å². The van der Waals surface area contributed by atoms with E-state index >= 15 is 0 Å². The summed E-state index contributed by atoms with van der Waals surface area (Å²) in [5, 5.41) is 14.7. The Hall–Kier alpha value is -2.28. The number of carbonyl (C=O) groups excluding carboxylic acids is 1. The lowest BCUT2D eigenvalue weighted by molar-refractivity contribution is -0.112. The van der Waals surface area contributed by atoms with E-state index in [-0.39, 0.29) is 11.5 Å². The Morgan fingerprint density at radius 2 is 2.17 bits per heavy atom. The molecule has 0 aromatic heterocycles. The molecule has 1 fully saturated rings. The van der Waals surface area contributed by atoms with Gasteiger partial charge in [-0.05, 0) is 31.4 Å². The van der Waals surface area contributed by atoms with Gasteiger partial charge < -0.3 is 10.6 Å². The quantitative estimate of drug-likeness (QED) is 0.626. The van der Waals surface area contributed by atoms with Crippen molar-refractivity contribution in [1.29, 1.82) is 5.26 Å². The van der Waals surface area contributed by atoms with Gasteiger partial charge in [-0.25, -0.2) is 0 Å². The molecule has 0 radical (unpaired) electrons. The fraction of sp³-hybridized carbons (Fsp3) is 0.286. The monoisotopic (exact) mass is 241 g/mol. The van der Waals surface area contributed by atoms with Crippen LogP contribution in [0.3, 0.4) is 0 Å². The van der Waals surface area contributed by atoms with Gasteiger partial charge in [0.2, 0.25) is 0 Å². The maximum absolute atomic E-state index is 11.9. The van der Waals surface area contributed by atoms with Gasteiger partial charge in [0.05, 0.1) is 0 Å². The molecule has 0 unspecified atom stereocenters. The smallest absolute Gasteiger partial charge is 0.267 e. The van der Waals surface area contributed by atoms with E-state index in [0.717, 1.165) is 24.1 Å². The first-order chi connectivity index (χ1) is 8.70. The number of carbonyl (C=O) groups is 1. The summed E-state index contributed by atoms with van der Waals surface area (Å²) in [4.78, 5) is 11.9. The lowest BCUT2D eigenvalue weighted by Crippen LogP contribution is -2.18. The van der Waals surface area contributed by atoms with Crippen LogP contribution in [0.25, 0.3) is 0 Å². The molecule has 18 heavy (non-hydrogen) atoms. The van der Waals surface area contributed by atoms with Crippen molar-refractivity contribution in [1.82, 2.24) is 5.32 Å². The summed E-state index contributed by atoms with van der Waals surface area (Å²) in [7, 11) is 0. The van der Waals surface area contributed by atoms with Gasteiger partial charge >= 0.3 is 0 Å². The van der Waals surface area contributed by atoms with E-state index in [1.165, 1.54) is 6.20 Å². The van der Waals surface area contributed by atoms with E-state index in [2.05, 4.69) is 10.6 Å². The van der Waals surface area contributed by atoms with Crippen LogP contribution >= 0.6 is 0 Å². The molecule has 0 bridgehead atoms. The van der Waals surface area contributed by atoms with Crippen LogP contribution in [0.15, 0.2) is 36.0 Å². The van der Waals surface area contributed by atoms with Gasteiger partial charge in [-0.3, -0.25) is 4.79 Å². The van der Waals surface area contributed by atoms with E-state index in [9.17, 15) is 4.79 Å². The molecule has 1 aliphatic carbocycles. The number of anilines is 1. The Bertz CT molecular complexity index is 524. The molecule has 1 aromatic carbocycles. The summed E-state index contributed by atoms with van der Waals surface area (Å²) in [6, 6.07) is 9.82. The number of aryl methyl sites for hydroxylation is 1. The highest BCUT2D eigenvalue weighted by Gasteiger charge is 2.20. The zero-order valence-corrected chi connectivity index (χ0v) is 10.2. The molecule has 2 N–H and O–H groups in total. The predicted molar refractivity (Wildman–Crippen MR) is 69.7 cm³/mol. The first kappa shape index (κ1) is 12.2. The molecule has 2 rings (SSSR count). The number of rotatable bonds is 4. The Morgan fingerprint density at radius 1 is 1.44 bits per heavy atom. The molecule has 4 nitrogen and oxygen atoms in total. The molecule has 92 valence electrons. The molecule has 1 aliphatic rings. The fourth-order valence-corrected chi connectivity index (χ4v) is 1.50. The van der Waals surface area contributed by atoms with Crippen LogP contribution in [0.1, 0.15) is 18.4 Å². The Balaban J connectivity index is 2.03. The molecule has 1 amide bonds. The van der Waals surface area contributed by atoms with Crippen LogP contribution in [0.2, 0.25) is 0 Å². The van der Waals surface area contributed by atoms with Gasteiger partial charge in [-0.2, -0.15) is 5.26 Å². The largest absolute Gasteiger partial charge is 0.387 e. The zero-order chi connectivity index (χ0) is 13.0. The lowest BCUT2D eigenvalue weighted by Gasteiger charge is -2.07. The molecular weight excluding hydrogens is 226 g/mol. The summed E-state index contributed by atoms with van der Waals surface area (Å²) in [6.07, 6.45) is 3.72. The van der Waals surface area contributed by atoms with Gasteiger partial charge in [-0.15, -0.1) is 0 Å². The van der Waals surface area contributed by atoms with Crippen LogP contribution in [-0.2, 0) is 4.79 Å². The van der Waals surface area contributed by atoms with Gasteiger partial charge in [-0.1, -0.05) is 18.2 Å². The third kappa shape index (κ3) is 3.11. The number of benzene rings is 1. The highest BCUT2D eigenvalue weighted by atomic mass is 16.1. The topological polar surface area (TPSA) is 64.9 Å². The van der Waals surface area contributed by atoms with Gasteiger partial charge in [0.15, 0.2) is 0 Å². The van der Waals surface area contributed by atoms with Crippen molar-refractivity contribution in [3.05, 3.63) is 41.6 Å². The normalized spacial score (nSPS) is 14.8. The molecule has 0 saturated heterocycles. The molecule has 1 aromatic rings. The van der Waals surface area contributed by atoms with Gasteiger partial charge in [0, 0.05) is 17.9 Å². The van der Waals surface area contributed by atoms with Crippen LogP contribution in [0, 0.1) is 18.3 Å². The van der Waals surface area contributed by atoms with Crippen molar-refractivity contribution < 1.29 is 4.79 Å². The third-order valence-electron chi connectivity index (χ3n) is 2.80. The maximum Gasteiger partial charge on any atom is 0.267 e. The van der Waals surface area contributed by atoms with Crippen LogP contribution in [0.5, 0.6) is 0 Å². The molecular formula is C14H15N3O. The summed E-state index contributed by atoms with van der Waals surface area (Å²) >= 11 is 0. The molecule has 1 saturated carbocycles. The number of hydrogen-bond donors (Lipinski definition) is 2. The van der Waals surface area contributed by atoms with E-state index < -0.39 is 0 Å². The first-order valence-corrected chi connectivity index (χ1v) is 5.94. The van der Waals surface area contributed by atoms with Crippen molar-refractivity contribution >= 4 is 11.6 Å². The minimum Gasteiger partial charge on any atom is -0.387 e. The third-order valence-corrected chi connectivity index (χ3v) is 2.80. The molecule has 0 heterocycles. The lowest BCUT2D eigenvalue weighted by atomic mass is 10.2. The van der Waals surface area contributed by atoms with Crippen molar-refractivity contribution in [3.8, 4) is 6.07 Å². The summed E-state index contributed by atoms with van der Waals surface area (Å²) < 4.78 is 0. The minimum atomic E-state index is -0.375. The van der Waals surface area contributed by atoms with Gasteiger partial charge in [0.1, 0.15) is 11.6 Å². The summed E-state index contributed by atoms with van der Waals surface area (Å²) in [5.41, 5.74) is 1.80.